The number of fused-ring (bicyclic) bond motifs is 2. The molecule has 20 heavy (non-hydrogen) atoms. The molecule has 0 radical (unpaired) electrons. The van der Waals surface area contributed by atoms with Crippen molar-refractivity contribution in [3.05, 3.63) is 64.2 Å². The minimum atomic E-state index is -0.323. The van der Waals surface area contributed by atoms with Crippen molar-refractivity contribution in [2.24, 2.45) is 17.8 Å². The van der Waals surface area contributed by atoms with E-state index in [4.69, 9.17) is 0 Å². The molecule has 4 nitrogen and oxygen atoms in total. The van der Waals surface area contributed by atoms with Crippen LogP contribution in [0.15, 0.2) is 48.6 Å². The van der Waals surface area contributed by atoms with E-state index in [9.17, 15) is 15.2 Å². The highest BCUT2D eigenvalue weighted by Gasteiger charge is 2.43. The van der Waals surface area contributed by atoms with Gasteiger partial charge in [0.05, 0.1) is 4.92 Å². The van der Waals surface area contributed by atoms with Gasteiger partial charge in [0.2, 0.25) is 0 Å². The molecular formula is C16H17NO3. The molecule has 1 aromatic rings. The molecule has 2 aliphatic carbocycles. The summed E-state index contributed by atoms with van der Waals surface area (Å²) >= 11 is 0. The fourth-order valence-electron chi connectivity index (χ4n) is 3.65. The van der Waals surface area contributed by atoms with Crippen LogP contribution >= 0.6 is 0 Å². The molecule has 2 bridgehead atoms. The summed E-state index contributed by atoms with van der Waals surface area (Å²) in [5.41, 5.74) is 2.02. The van der Waals surface area contributed by atoms with Crippen LogP contribution in [0.25, 0.3) is 0 Å². The van der Waals surface area contributed by atoms with E-state index in [1.54, 1.807) is 12.1 Å². The Labute approximate surface area is 117 Å². The van der Waals surface area contributed by atoms with E-state index in [0.717, 1.165) is 17.6 Å². The van der Waals surface area contributed by atoms with E-state index < -0.39 is 0 Å². The summed E-state index contributed by atoms with van der Waals surface area (Å²) in [6.07, 6.45) is 4.97. The van der Waals surface area contributed by atoms with Gasteiger partial charge in [-0.2, -0.15) is 0 Å². The predicted molar refractivity (Wildman–Crippen MR) is 76.3 cm³/mol. The molecule has 0 aliphatic heterocycles. The van der Waals surface area contributed by atoms with Crippen LogP contribution in [0.4, 0.5) is 5.69 Å². The monoisotopic (exact) mass is 271 g/mol. The van der Waals surface area contributed by atoms with Crippen LogP contribution in [-0.4, -0.2) is 16.6 Å². The van der Waals surface area contributed by atoms with Crippen molar-refractivity contribution in [2.45, 2.75) is 12.3 Å². The fourth-order valence-corrected chi connectivity index (χ4v) is 3.65. The topological polar surface area (TPSA) is 63.4 Å². The van der Waals surface area contributed by atoms with Crippen LogP contribution in [0.2, 0.25) is 0 Å². The maximum Gasteiger partial charge on any atom is 0.273 e. The van der Waals surface area contributed by atoms with Crippen molar-refractivity contribution in [2.75, 3.05) is 6.61 Å². The lowest BCUT2D eigenvalue weighted by atomic mass is 9.77. The number of benzene rings is 1. The van der Waals surface area contributed by atoms with E-state index in [1.165, 1.54) is 0 Å². The minimum Gasteiger partial charge on any atom is -0.396 e. The Kier molecular flexibility index (Phi) is 3.18. The molecule has 1 saturated carbocycles. The van der Waals surface area contributed by atoms with Gasteiger partial charge in [-0.1, -0.05) is 42.5 Å². The molecule has 1 N–H and O–H groups in total. The first-order valence-electron chi connectivity index (χ1n) is 6.84. The standard InChI is InChI=1S/C16H17NO3/c1-10-12-6-7-13(15(10)8-11(12)9-18)14-4-2-3-5-16(14)17(19)20/h2-7,11-13,15,18H,1,8-9H2/t11-,12-,13+,15-/m0/s1. The average molecular weight is 271 g/mol. The molecular weight excluding hydrogens is 254 g/mol. The summed E-state index contributed by atoms with van der Waals surface area (Å²) < 4.78 is 0. The normalized spacial score (nSPS) is 31.6. The third-order valence-electron chi connectivity index (χ3n) is 4.66. The van der Waals surface area contributed by atoms with E-state index in [0.29, 0.717) is 0 Å². The summed E-state index contributed by atoms with van der Waals surface area (Å²) in [5, 5.41) is 20.6. The second-order valence-electron chi connectivity index (χ2n) is 5.61. The number of para-hydroxylation sites is 1. The first-order valence-corrected chi connectivity index (χ1v) is 6.84. The van der Waals surface area contributed by atoms with Crippen molar-refractivity contribution in [1.29, 1.82) is 0 Å². The van der Waals surface area contributed by atoms with Crippen LogP contribution in [0.1, 0.15) is 17.9 Å². The lowest BCUT2D eigenvalue weighted by molar-refractivity contribution is -0.385. The van der Waals surface area contributed by atoms with Crippen LogP contribution in [0, 0.1) is 27.9 Å². The van der Waals surface area contributed by atoms with Gasteiger partial charge >= 0.3 is 0 Å². The Bertz CT molecular complexity index is 593. The number of hydrogen-bond donors (Lipinski definition) is 1. The number of hydrogen-bond acceptors (Lipinski definition) is 3. The second kappa shape index (κ2) is 4.87. The van der Waals surface area contributed by atoms with E-state index in [2.05, 4.69) is 18.7 Å². The van der Waals surface area contributed by atoms with Crippen LogP contribution in [0.5, 0.6) is 0 Å². The lowest BCUT2D eigenvalue weighted by Crippen LogP contribution is -2.16. The zero-order valence-electron chi connectivity index (χ0n) is 11.1. The quantitative estimate of drug-likeness (QED) is 0.522. The molecule has 0 saturated heterocycles. The van der Waals surface area contributed by atoms with Crippen molar-refractivity contribution < 1.29 is 10.0 Å². The highest BCUT2D eigenvalue weighted by molar-refractivity contribution is 5.47. The van der Waals surface area contributed by atoms with E-state index >= 15 is 0 Å². The Morgan fingerprint density at radius 2 is 2.00 bits per heavy atom. The van der Waals surface area contributed by atoms with Crippen molar-refractivity contribution >= 4 is 5.69 Å². The molecule has 1 aromatic carbocycles. The smallest absolute Gasteiger partial charge is 0.273 e. The van der Waals surface area contributed by atoms with Gasteiger partial charge < -0.3 is 5.11 Å². The van der Waals surface area contributed by atoms with E-state index in [-0.39, 0.29) is 40.9 Å². The van der Waals surface area contributed by atoms with Crippen molar-refractivity contribution in [3.63, 3.8) is 0 Å². The Morgan fingerprint density at radius 3 is 2.70 bits per heavy atom. The van der Waals surface area contributed by atoms with Crippen LogP contribution in [-0.2, 0) is 0 Å². The van der Waals surface area contributed by atoms with E-state index in [1.807, 2.05) is 12.1 Å². The van der Waals surface area contributed by atoms with Gasteiger partial charge in [-0.15, -0.1) is 0 Å². The molecule has 0 unspecified atom stereocenters. The molecule has 2 aliphatic rings. The lowest BCUT2D eigenvalue weighted by Gasteiger charge is -2.26. The summed E-state index contributed by atoms with van der Waals surface area (Å²) in [5.74, 6) is 0.626. The zero-order chi connectivity index (χ0) is 14.3. The fraction of sp³-hybridized carbons (Fsp3) is 0.375. The summed E-state index contributed by atoms with van der Waals surface area (Å²) in [7, 11) is 0. The summed E-state index contributed by atoms with van der Waals surface area (Å²) in [6.45, 7) is 4.30. The largest absolute Gasteiger partial charge is 0.396 e. The molecule has 1 fully saturated rings. The minimum absolute atomic E-state index is 0.00287. The van der Waals surface area contributed by atoms with Gasteiger partial charge in [0, 0.05) is 30.1 Å². The molecule has 0 amide bonds. The number of nitro groups is 1. The maximum atomic E-state index is 11.2. The van der Waals surface area contributed by atoms with Gasteiger partial charge in [-0.05, 0) is 18.3 Å². The summed E-state index contributed by atoms with van der Waals surface area (Å²) in [6, 6.07) is 6.91. The molecule has 0 spiro atoms. The number of aliphatic hydroxyl groups is 1. The first kappa shape index (κ1) is 13.1. The molecule has 0 aromatic heterocycles. The highest BCUT2D eigenvalue weighted by Crippen LogP contribution is 2.52. The van der Waals surface area contributed by atoms with Crippen molar-refractivity contribution in [3.8, 4) is 0 Å². The van der Waals surface area contributed by atoms with Crippen molar-refractivity contribution in [1.82, 2.24) is 0 Å². The Hall–Kier alpha value is -1.94. The maximum absolute atomic E-state index is 11.2. The molecule has 3 rings (SSSR count). The van der Waals surface area contributed by atoms with Gasteiger partial charge in [0.15, 0.2) is 0 Å². The third-order valence-corrected chi connectivity index (χ3v) is 4.66. The Balaban J connectivity index is 2.01. The van der Waals surface area contributed by atoms with Gasteiger partial charge in [0.1, 0.15) is 0 Å². The first-order chi connectivity index (χ1) is 9.63. The number of nitro benzene ring substituents is 1. The highest BCUT2D eigenvalue weighted by atomic mass is 16.6. The SMILES string of the molecule is C=C1[C@@H]2C=C[C@H](c3ccccc3[N+](=O)[O-])[C@H]1C[C@H]2CO. The molecule has 104 valence electrons. The summed E-state index contributed by atoms with van der Waals surface area (Å²) in [4.78, 5) is 10.9. The molecule has 0 heterocycles. The van der Waals surface area contributed by atoms with Gasteiger partial charge in [-0.25, -0.2) is 0 Å². The Morgan fingerprint density at radius 1 is 1.30 bits per heavy atom. The number of aliphatic hydroxyl groups excluding tert-OH is 1. The number of rotatable bonds is 3. The van der Waals surface area contributed by atoms with Crippen LogP contribution in [0.3, 0.4) is 0 Å². The van der Waals surface area contributed by atoms with Gasteiger partial charge in [0.25, 0.3) is 5.69 Å². The predicted octanol–water partition coefficient (Wildman–Crippen LogP) is 3.05. The number of allylic oxidation sites excluding steroid dienone is 3. The third kappa shape index (κ3) is 1.88. The zero-order valence-corrected chi connectivity index (χ0v) is 11.1. The molecule has 4 heteroatoms. The van der Waals surface area contributed by atoms with Gasteiger partial charge in [-0.3, -0.25) is 10.1 Å². The number of nitrogens with zero attached hydrogens (tertiary/aromatic N) is 1. The van der Waals surface area contributed by atoms with Crippen LogP contribution < -0.4 is 0 Å². The average Bonchev–Trinajstić information content (AvgIpc) is 2.66. The second-order valence-corrected chi connectivity index (χ2v) is 5.61. The molecule has 4 atom stereocenters.